The van der Waals surface area contributed by atoms with Gasteiger partial charge in [-0.2, -0.15) is 0 Å². The Balaban J connectivity index is 1.83. The van der Waals surface area contributed by atoms with Gasteiger partial charge in [0.25, 0.3) is 0 Å². The molecular formula is C22H29FN2OS. The highest BCUT2D eigenvalue weighted by molar-refractivity contribution is 8.14. The van der Waals surface area contributed by atoms with Crippen LogP contribution in [0.15, 0.2) is 58.8 Å². The summed E-state index contributed by atoms with van der Waals surface area (Å²) < 4.78 is 19.2. The summed E-state index contributed by atoms with van der Waals surface area (Å²) in [6.45, 7) is 13.2. The molecule has 0 spiro atoms. The first-order valence-corrected chi connectivity index (χ1v) is 10.2. The molecule has 0 fully saturated rings. The minimum absolute atomic E-state index is 0.216. The van der Waals surface area contributed by atoms with Gasteiger partial charge < -0.3 is 10.1 Å². The fourth-order valence-electron chi connectivity index (χ4n) is 2.83. The van der Waals surface area contributed by atoms with Gasteiger partial charge >= 0.3 is 0 Å². The van der Waals surface area contributed by atoms with Crippen molar-refractivity contribution < 1.29 is 9.13 Å². The fourth-order valence-corrected chi connectivity index (χ4v) is 3.82. The van der Waals surface area contributed by atoms with Gasteiger partial charge in [0.05, 0.1) is 6.04 Å². The van der Waals surface area contributed by atoms with Gasteiger partial charge in [-0.05, 0) is 63.5 Å². The van der Waals surface area contributed by atoms with Crippen LogP contribution in [0.1, 0.15) is 32.8 Å². The lowest BCUT2D eigenvalue weighted by Crippen LogP contribution is -2.12. The number of anilines is 1. The molecule has 1 atom stereocenters. The highest BCUT2D eigenvalue weighted by Gasteiger charge is 2.18. The average molecular weight is 389 g/mol. The highest BCUT2D eigenvalue weighted by Crippen LogP contribution is 2.23. The van der Waals surface area contributed by atoms with Crippen molar-refractivity contribution in [2.45, 2.75) is 40.2 Å². The number of allylic oxidation sites excluding steroid dienone is 4. The van der Waals surface area contributed by atoms with Gasteiger partial charge in [0.1, 0.15) is 23.2 Å². The lowest BCUT2D eigenvalue weighted by molar-refractivity contribution is 0.272. The van der Waals surface area contributed by atoms with Crippen LogP contribution in [0.5, 0.6) is 0 Å². The monoisotopic (exact) mass is 388 g/mol. The maximum absolute atomic E-state index is 13.3. The summed E-state index contributed by atoms with van der Waals surface area (Å²) in [5.74, 6) is 1.54. The van der Waals surface area contributed by atoms with Crippen LogP contribution in [0, 0.1) is 12.7 Å². The third kappa shape index (κ3) is 6.90. The molecule has 27 heavy (non-hydrogen) atoms. The number of aliphatic imine (C=N–C) groups is 1. The quantitative estimate of drug-likeness (QED) is 0.423. The van der Waals surface area contributed by atoms with E-state index in [0.29, 0.717) is 6.61 Å². The molecule has 0 bridgehead atoms. The molecule has 1 N–H and O–H groups in total. The molecule has 1 heterocycles. The van der Waals surface area contributed by atoms with Gasteiger partial charge in [-0.25, -0.2) is 4.39 Å². The fraction of sp³-hybridized carbons (Fsp3) is 0.409. The van der Waals surface area contributed by atoms with Crippen molar-refractivity contribution in [2.75, 3.05) is 24.2 Å². The van der Waals surface area contributed by atoms with Gasteiger partial charge in [-0.3, -0.25) is 4.99 Å². The molecule has 0 radical (unpaired) electrons. The van der Waals surface area contributed by atoms with E-state index in [1.54, 1.807) is 30.0 Å². The highest BCUT2D eigenvalue weighted by atomic mass is 32.2. The average Bonchev–Trinajstić information content (AvgIpc) is 3.05. The lowest BCUT2D eigenvalue weighted by Gasteiger charge is -2.11. The van der Waals surface area contributed by atoms with E-state index in [4.69, 9.17) is 9.73 Å². The second-order valence-corrected chi connectivity index (χ2v) is 8.02. The van der Waals surface area contributed by atoms with Crippen LogP contribution in [0.3, 0.4) is 0 Å². The number of aryl methyl sites for hydroxylation is 1. The Hall–Kier alpha value is -2.01. The molecule has 1 aliphatic heterocycles. The van der Waals surface area contributed by atoms with Crippen molar-refractivity contribution >= 4 is 22.5 Å². The van der Waals surface area contributed by atoms with Gasteiger partial charge in [0, 0.05) is 18.0 Å². The van der Waals surface area contributed by atoms with Gasteiger partial charge in [-0.15, -0.1) is 11.8 Å². The Morgan fingerprint density at radius 1 is 1.41 bits per heavy atom. The van der Waals surface area contributed by atoms with Crippen LogP contribution in [0.2, 0.25) is 0 Å². The largest absolute Gasteiger partial charge is 0.487 e. The molecule has 2 rings (SSSR count). The Bertz CT molecular complexity index is 764. The summed E-state index contributed by atoms with van der Waals surface area (Å²) in [7, 11) is 0. The van der Waals surface area contributed by atoms with E-state index in [1.165, 1.54) is 11.6 Å². The molecule has 1 aliphatic rings. The minimum atomic E-state index is -0.216. The molecule has 5 heteroatoms. The summed E-state index contributed by atoms with van der Waals surface area (Å²) in [5, 5.41) is 4.33. The predicted molar refractivity (Wildman–Crippen MR) is 116 cm³/mol. The maximum Gasteiger partial charge on any atom is 0.136 e. The van der Waals surface area contributed by atoms with Gasteiger partial charge in [-0.1, -0.05) is 24.3 Å². The van der Waals surface area contributed by atoms with E-state index in [1.807, 2.05) is 13.8 Å². The van der Waals surface area contributed by atoms with E-state index in [0.717, 1.165) is 46.3 Å². The van der Waals surface area contributed by atoms with E-state index in [-0.39, 0.29) is 11.9 Å². The van der Waals surface area contributed by atoms with E-state index in [2.05, 4.69) is 31.8 Å². The summed E-state index contributed by atoms with van der Waals surface area (Å²) in [5.41, 5.74) is 4.19. The smallest absolute Gasteiger partial charge is 0.136 e. The summed E-state index contributed by atoms with van der Waals surface area (Å²) in [6, 6.07) is 5.08. The van der Waals surface area contributed by atoms with E-state index >= 15 is 0 Å². The molecule has 0 aromatic heterocycles. The van der Waals surface area contributed by atoms with Crippen LogP contribution in [-0.4, -0.2) is 30.0 Å². The zero-order chi connectivity index (χ0) is 19.8. The number of rotatable bonds is 9. The molecule has 0 amide bonds. The van der Waals surface area contributed by atoms with Crippen molar-refractivity contribution in [2.24, 2.45) is 4.99 Å². The predicted octanol–water partition coefficient (Wildman–Crippen LogP) is 5.89. The van der Waals surface area contributed by atoms with Crippen molar-refractivity contribution in [3.05, 3.63) is 65.2 Å². The topological polar surface area (TPSA) is 33.6 Å². The summed E-state index contributed by atoms with van der Waals surface area (Å²) in [4.78, 5) is 4.75. The van der Waals surface area contributed by atoms with E-state index < -0.39 is 0 Å². The first kappa shape index (κ1) is 21.3. The Morgan fingerprint density at radius 3 is 2.89 bits per heavy atom. The van der Waals surface area contributed by atoms with Crippen molar-refractivity contribution in [3.8, 4) is 0 Å². The molecular weight excluding hydrogens is 359 g/mol. The Kier molecular flexibility index (Phi) is 8.17. The standard InChI is InChI=1S/C22H29FN2OS/c1-6-21(17(5)11-15(2)3)26-13-22-25-19(14-27-22)9-10-24-20-12-18(23)8-7-16(20)4/h6-8,11-12,19,24H,1,9-10,13-14H2,2-5H3/b21-17+. The van der Waals surface area contributed by atoms with E-state index in [9.17, 15) is 4.39 Å². The molecule has 1 unspecified atom stereocenters. The molecule has 1 aromatic carbocycles. The molecule has 1 aromatic rings. The van der Waals surface area contributed by atoms with Crippen LogP contribution < -0.4 is 5.32 Å². The SMILES string of the molecule is C=C/C(OCC1=NC(CCNc2cc(F)ccc2C)CS1)=C(/C)C=C(C)C. The zero-order valence-electron chi connectivity index (χ0n) is 16.6. The third-order valence-corrected chi connectivity index (χ3v) is 5.30. The lowest BCUT2D eigenvalue weighted by atomic mass is 10.2. The third-order valence-electron chi connectivity index (χ3n) is 4.19. The van der Waals surface area contributed by atoms with Crippen molar-refractivity contribution in [1.82, 2.24) is 0 Å². The number of nitrogens with one attached hydrogen (secondary N) is 1. The number of hydrogen-bond donors (Lipinski definition) is 1. The normalized spacial score (nSPS) is 17.1. The number of halogens is 1. The summed E-state index contributed by atoms with van der Waals surface area (Å²) >= 11 is 1.75. The second kappa shape index (κ2) is 10.4. The van der Waals surface area contributed by atoms with Crippen LogP contribution in [0.4, 0.5) is 10.1 Å². The molecule has 146 valence electrons. The minimum Gasteiger partial charge on any atom is -0.487 e. The number of hydrogen-bond acceptors (Lipinski definition) is 4. The maximum atomic E-state index is 13.3. The van der Waals surface area contributed by atoms with Gasteiger partial charge in [0.2, 0.25) is 0 Å². The molecule has 0 saturated heterocycles. The Morgan fingerprint density at radius 2 is 2.19 bits per heavy atom. The first-order chi connectivity index (χ1) is 12.9. The Labute approximate surface area is 166 Å². The zero-order valence-corrected chi connectivity index (χ0v) is 17.5. The number of ether oxygens (including phenoxy) is 1. The number of thioether (sulfide) groups is 1. The van der Waals surface area contributed by atoms with Crippen LogP contribution in [-0.2, 0) is 4.74 Å². The summed E-state index contributed by atoms with van der Waals surface area (Å²) in [6.07, 6.45) is 4.74. The van der Waals surface area contributed by atoms with Crippen LogP contribution >= 0.6 is 11.8 Å². The molecule has 0 saturated carbocycles. The first-order valence-electron chi connectivity index (χ1n) is 9.19. The van der Waals surface area contributed by atoms with Crippen molar-refractivity contribution in [1.29, 1.82) is 0 Å². The molecule has 0 aliphatic carbocycles. The van der Waals surface area contributed by atoms with Gasteiger partial charge in [0.15, 0.2) is 0 Å². The molecule has 3 nitrogen and oxygen atoms in total. The number of benzene rings is 1. The second-order valence-electron chi connectivity index (χ2n) is 6.92. The number of nitrogens with zero attached hydrogens (tertiary/aromatic N) is 1. The van der Waals surface area contributed by atoms with Crippen LogP contribution in [0.25, 0.3) is 0 Å². The van der Waals surface area contributed by atoms with Crippen molar-refractivity contribution in [3.63, 3.8) is 0 Å².